The van der Waals surface area contributed by atoms with Gasteiger partial charge in [-0.3, -0.25) is 4.79 Å². The van der Waals surface area contributed by atoms with Crippen molar-refractivity contribution in [2.45, 2.75) is 26.2 Å². The van der Waals surface area contributed by atoms with E-state index in [2.05, 4.69) is 50.2 Å². The van der Waals surface area contributed by atoms with Crippen molar-refractivity contribution in [1.82, 2.24) is 0 Å². The van der Waals surface area contributed by atoms with Crippen LogP contribution in [0.4, 0.5) is 5.69 Å². The van der Waals surface area contributed by atoms with E-state index >= 15 is 0 Å². The monoisotopic (exact) mass is 495 g/mol. The fourth-order valence-corrected chi connectivity index (χ4v) is 3.72. The molecule has 2 aromatic rings. The molecule has 27 heavy (non-hydrogen) atoms. The van der Waals surface area contributed by atoms with E-state index in [1.165, 1.54) is 11.6 Å². The molecular formula is C21H23Br2NO3. The van der Waals surface area contributed by atoms with Gasteiger partial charge in [0.15, 0.2) is 11.5 Å². The van der Waals surface area contributed by atoms with Crippen LogP contribution in [-0.4, -0.2) is 20.1 Å². The fraction of sp³-hybridized carbons (Fsp3) is 0.286. The Balaban J connectivity index is 2.08. The lowest BCUT2D eigenvalue weighted by Gasteiger charge is -2.10. The molecule has 2 aromatic carbocycles. The minimum Gasteiger partial charge on any atom is -0.493 e. The van der Waals surface area contributed by atoms with Gasteiger partial charge in [0.05, 0.1) is 24.4 Å². The molecule has 0 aliphatic carbocycles. The number of hydrogen-bond acceptors (Lipinski definition) is 3. The van der Waals surface area contributed by atoms with Crippen molar-refractivity contribution >= 4 is 49.5 Å². The summed E-state index contributed by atoms with van der Waals surface area (Å²) in [7, 11) is 3.16. The number of ether oxygens (including phenoxy) is 2. The van der Waals surface area contributed by atoms with Crippen molar-refractivity contribution in [3.05, 3.63) is 56.5 Å². The van der Waals surface area contributed by atoms with Gasteiger partial charge in [-0.25, -0.2) is 0 Å². The number of amides is 1. The molecule has 0 atom stereocenters. The first-order valence-electron chi connectivity index (χ1n) is 8.67. The minimum atomic E-state index is -0.206. The molecule has 0 saturated carbocycles. The molecule has 2 rings (SSSR count). The number of hydrogen-bond donors (Lipinski definition) is 1. The Bertz CT molecular complexity index is 834. The highest BCUT2D eigenvalue weighted by molar-refractivity contribution is 9.11. The molecule has 0 aliphatic heterocycles. The molecule has 0 saturated heterocycles. The molecule has 1 amide bonds. The van der Waals surface area contributed by atoms with Gasteiger partial charge in [-0.2, -0.15) is 0 Å². The highest BCUT2D eigenvalue weighted by atomic mass is 79.9. The zero-order valence-corrected chi connectivity index (χ0v) is 18.8. The number of anilines is 1. The quantitative estimate of drug-likeness (QED) is 0.441. The minimum absolute atomic E-state index is 0.206. The van der Waals surface area contributed by atoms with Gasteiger partial charge in [0.25, 0.3) is 0 Å². The second kappa shape index (κ2) is 10.5. The third-order valence-corrected chi connectivity index (χ3v) is 5.24. The Kier molecular flexibility index (Phi) is 8.38. The fourth-order valence-electron chi connectivity index (χ4n) is 2.58. The maximum absolute atomic E-state index is 12.3. The van der Waals surface area contributed by atoms with Crippen LogP contribution in [-0.2, 0) is 11.2 Å². The van der Waals surface area contributed by atoms with Crippen LogP contribution in [0.3, 0.4) is 0 Å². The molecule has 0 aliphatic rings. The lowest BCUT2D eigenvalue weighted by Crippen LogP contribution is -2.08. The van der Waals surface area contributed by atoms with Crippen LogP contribution in [0.2, 0.25) is 0 Å². The smallest absolute Gasteiger partial charge is 0.248 e. The normalized spacial score (nSPS) is 10.9. The van der Waals surface area contributed by atoms with E-state index in [0.29, 0.717) is 11.5 Å². The van der Waals surface area contributed by atoms with Gasteiger partial charge < -0.3 is 14.8 Å². The zero-order valence-electron chi connectivity index (χ0n) is 15.6. The summed E-state index contributed by atoms with van der Waals surface area (Å²) < 4.78 is 12.3. The predicted molar refractivity (Wildman–Crippen MR) is 118 cm³/mol. The maximum atomic E-state index is 12.3. The first-order chi connectivity index (χ1) is 13.0. The highest BCUT2D eigenvalue weighted by Crippen LogP contribution is 2.36. The highest BCUT2D eigenvalue weighted by Gasteiger charge is 2.10. The number of unbranched alkanes of at least 4 members (excludes halogenated alkanes) is 1. The first-order valence-corrected chi connectivity index (χ1v) is 10.3. The Labute approximate surface area is 177 Å². The van der Waals surface area contributed by atoms with Gasteiger partial charge in [0.2, 0.25) is 5.91 Å². The van der Waals surface area contributed by atoms with E-state index < -0.39 is 0 Å². The summed E-state index contributed by atoms with van der Waals surface area (Å²) in [5.74, 6) is 1.01. The van der Waals surface area contributed by atoms with Crippen molar-refractivity contribution in [3.63, 3.8) is 0 Å². The van der Waals surface area contributed by atoms with Crippen LogP contribution in [0.25, 0.3) is 6.08 Å². The Morgan fingerprint density at radius 2 is 1.89 bits per heavy atom. The second-order valence-corrected chi connectivity index (χ2v) is 7.69. The number of aryl methyl sites for hydroxylation is 1. The number of carbonyl (C=O) groups excluding carboxylic acids is 1. The first kappa shape index (κ1) is 21.5. The van der Waals surface area contributed by atoms with Crippen LogP contribution >= 0.6 is 31.9 Å². The number of methoxy groups -OCH3 is 2. The Hall–Kier alpha value is -1.79. The zero-order chi connectivity index (χ0) is 19.8. The molecule has 144 valence electrons. The predicted octanol–water partition coefficient (Wildman–Crippen LogP) is 6.22. The molecule has 0 radical (unpaired) electrons. The van der Waals surface area contributed by atoms with Crippen LogP contribution in [0.15, 0.2) is 45.4 Å². The number of carbonyl (C=O) groups is 1. The van der Waals surface area contributed by atoms with E-state index in [4.69, 9.17) is 9.47 Å². The van der Waals surface area contributed by atoms with E-state index in [9.17, 15) is 4.79 Å². The molecular weight excluding hydrogens is 474 g/mol. The maximum Gasteiger partial charge on any atom is 0.248 e. The third-order valence-electron chi connectivity index (χ3n) is 3.99. The summed E-state index contributed by atoms with van der Waals surface area (Å²) in [5, 5.41) is 2.89. The summed E-state index contributed by atoms with van der Waals surface area (Å²) in [6.07, 6.45) is 6.57. The summed E-state index contributed by atoms with van der Waals surface area (Å²) in [5.41, 5.74) is 2.83. The number of nitrogens with one attached hydrogen (secondary N) is 1. The topological polar surface area (TPSA) is 47.6 Å². The van der Waals surface area contributed by atoms with E-state index in [1.807, 2.05) is 24.3 Å². The largest absolute Gasteiger partial charge is 0.493 e. The molecule has 0 spiro atoms. The van der Waals surface area contributed by atoms with Crippen molar-refractivity contribution in [2.75, 3.05) is 19.5 Å². The van der Waals surface area contributed by atoms with Crippen LogP contribution in [0.5, 0.6) is 11.5 Å². The van der Waals surface area contributed by atoms with Crippen molar-refractivity contribution < 1.29 is 14.3 Å². The van der Waals surface area contributed by atoms with Gasteiger partial charge in [0.1, 0.15) is 0 Å². The summed E-state index contributed by atoms with van der Waals surface area (Å²) in [6, 6.07) is 9.70. The molecule has 0 bridgehead atoms. The molecule has 0 aromatic heterocycles. The molecule has 1 N–H and O–H groups in total. The lowest BCUT2D eigenvalue weighted by molar-refractivity contribution is -0.111. The van der Waals surface area contributed by atoms with Crippen LogP contribution in [0, 0.1) is 0 Å². The Morgan fingerprint density at radius 1 is 1.11 bits per heavy atom. The summed E-state index contributed by atoms with van der Waals surface area (Å²) in [6.45, 7) is 2.17. The van der Waals surface area contributed by atoms with Gasteiger partial charge in [-0.05, 0) is 86.2 Å². The number of halogens is 2. The molecule has 0 heterocycles. The van der Waals surface area contributed by atoms with E-state index in [1.54, 1.807) is 20.3 Å². The van der Waals surface area contributed by atoms with Crippen LogP contribution < -0.4 is 14.8 Å². The average molecular weight is 497 g/mol. The van der Waals surface area contributed by atoms with Gasteiger partial charge >= 0.3 is 0 Å². The third kappa shape index (κ3) is 6.11. The van der Waals surface area contributed by atoms with E-state index in [-0.39, 0.29) is 5.91 Å². The average Bonchev–Trinajstić information content (AvgIpc) is 2.66. The molecule has 6 heteroatoms. The number of benzene rings is 2. The summed E-state index contributed by atoms with van der Waals surface area (Å²) in [4.78, 5) is 12.3. The van der Waals surface area contributed by atoms with Crippen molar-refractivity contribution in [3.8, 4) is 11.5 Å². The second-order valence-electron chi connectivity index (χ2n) is 5.98. The van der Waals surface area contributed by atoms with Gasteiger partial charge in [-0.1, -0.05) is 19.4 Å². The van der Waals surface area contributed by atoms with Crippen LogP contribution in [0.1, 0.15) is 30.9 Å². The van der Waals surface area contributed by atoms with E-state index in [0.717, 1.165) is 39.5 Å². The number of rotatable bonds is 8. The van der Waals surface area contributed by atoms with Gasteiger partial charge in [0, 0.05) is 10.5 Å². The van der Waals surface area contributed by atoms with Crippen molar-refractivity contribution in [1.29, 1.82) is 0 Å². The molecule has 0 fully saturated rings. The van der Waals surface area contributed by atoms with Crippen molar-refractivity contribution in [2.24, 2.45) is 0 Å². The standard InChI is InChI=1S/C21H23Br2NO3/c1-4-5-6-14-7-9-18(16(22)11-14)24-20(25)10-8-15-12-17(23)21(27-3)19(13-15)26-2/h7-13H,4-6H2,1-3H3,(H,24,25)/b10-8+. The molecule has 0 unspecified atom stereocenters. The summed E-state index contributed by atoms with van der Waals surface area (Å²) >= 11 is 6.98. The molecule has 4 nitrogen and oxygen atoms in total. The SMILES string of the molecule is CCCCc1ccc(NC(=O)/C=C/c2cc(Br)c(OC)c(OC)c2)c(Br)c1. The lowest BCUT2D eigenvalue weighted by atomic mass is 10.1. The Morgan fingerprint density at radius 3 is 2.52 bits per heavy atom. The van der Waals surface area contributed by atoms with Gasteiger partial charge in [-0.15, -0.1) is 0 Å².